The molecule has 0 fully saturated rings. The Morgan fingerprint density at radius 2 is 2.15 bits per heavy atom. The Kier molecular flexibility index (Phi) is 3.25. The lowest BCUT2D eigenvalue weighted by atomic mass is 9.66. The monoisotopic (exact) mass is 262 g/mol. The second kappa shape index (κ2) is 4.94. The lowest BCUT2D eigenvalue weighted by molar-refractivity contribution is 0.652. The number of fused-ring (bicyclic) bond motifs is 2. The molecule has 0 aromatic heterocycles. The van der Waals surface area contributed by atoms with Gasteiger partial charge in [0.15, 0.2) is 0 Å². The molecule has 3 aliphatic rings. The van der Waals surface area contributed by atoms with Crippen LogP contribution in [0.4, 0.5) is 0 Å². The van der Waals surface area contributed by atoms with Gasteiger partial charge in [0.2, 0.25) is 0 Å². The first-order valence-corrected chi connectivity index (χ1v) is 7.48. The first-order chi connectivity index (χ1) is 9.69. The highest BCUT2D eigenvalue weighted by atomic mass is 14.4. The molecule has 0 aliphatic heterocycles. The van der Waals surface area contributed by atoms with E-state index in [1.54, 1.807) is 5.57 Å². The average Bonchev–Trinajstić information content (AvgIpc) is 2.50. The van der Waals surface area contributed by atoms with Crippen LogP contribution in [0.15, 0.2) is 82.5 Å². The van der Waals surface area contributed by atoms with E-state index in [2.05, 4.69) is 51.3 Å². The van der Waals surface area contributed by atoms with Gasteiger partial charge in [0, 0.05) is 5.92 Å². The van der Waals surface area contributed by atoms with E-state index in [0.29, 0.717) is 5.92 Å². The van der Waals surface area contributed by atoms with Crippen LogP contribution in [0.3, 0.4) is 0 Å². The highest BCUT2D eigenvalue weighted by Gasteiger charge is 2.33. The smallest absolute Gasteiger partial charge is 0.0101 e. The SMILES string of the molecule is C=CC1=CCCC2=C1C(=C)C(C)=C1/C(=C\C)C=CC[C@@H]21. The molecule has 0 amide bonds. The van der Waals surface area contributed by atoms with Gasteiger partial charge in [0.25, 0.3) is 0 Å². The summed E-state index contributed by atoms with van der Waals surface area (Å²) in [6.07, 6.45) is 14.5. The van der Waals surface area contributed by atoms with E-state index in [0.717, 1.165) is 19.3 Å². The molecular formula is C20H22. The third kappa shape index (κ3) is 1.75. The molecule has 0 aromatic carbocycles. The molecule has 1 atom stereocenters. The maximum Gasteiger partial charge on any atom is 0.0101 e. The van der Waals surface area contributed by atoms with E-state index in [1.807, 2.05) is 6.08 Å². The van der Waals surface area contributed by atoms with E-state index in [9.17, 15) is 0 Å². The molecule has 20 heavy (non-hydrogen) atoms. The molecule has 3 aliphatic carbocycles. The summed E-state index contributed by atoms with van der Waals surface area (Å²) in [5, 5.41) is 0. The van der Waals surface area contributed by atoms with Gasteiger partial charge in [-0.3, -0.25) is 0 Å². The van der Waals surface area contributed by atoms with Crippen LogP contribution in [0.2, 0.25) is 0 Å². The third-order valence-corrected chi connectivity index (χ3v) is 4.83. The summed E-state index contributed by atoms with van der Waals surface area (Å²) in [7, 11) is 0. The van der Waals surface area contributed by atoms with E-state index in [-0.39, 0.29) is 0 Å². The lowest BCUT2D eigenvalue weighted by Gasteiger charge is -2.38. The summed E-state index contributed by atoms with van der Waals surface area (Å²) in [5.41, 5.74) is 9.68. The van der Waals surface area contributed by atoms with Crippen LogP contribution < -0.4 is 0 Å². The normalized spacial score (nSPS) is 27.5. The van der Waals surface area contributed by atoms with Crippen molar-refractivity contribution in [2.24, 2.45) is 5.92 Å². The Bertz CT molecular complexity index is 642. The number of hydrogen-bond acceptors (Lipinski definition) is 0. The van der Waals surface area contributed by atoms with Crippen molar-refractivity contribution < 1.29 is 0 Å². The minimum atomic E-state index is 0.551. The summed E-state index contributed by atoms with van der Waals surface area (Å²) in [6.45, 7) is 12.7. The second-order valence-electron chi connectivity index (χ2n) is 5.75. The van der Waals surface area contributed by atoms with Crippen LogP contribution in [0.25, 0.3) is 0 Å². The molecule has 0 heteroatoms. The molecule has 0 bridgehead atoms. The van der Waals surface area contributed by atoms with Crippen LogP contribution >= 0.6 is 0 Å². The highest BCUT2D eigenvalue weighted by molar-refractivity contribution is 5.69. The maximum atomic E-state index is 4.38. The Hall–Kier alpha value is -1.82. The zero-order valence-corrected chi connectivity index (χ0v) is 12.5. The Morgan fingerprint density at radius 1 is 1.35 bits per heavy atom. The molecule has 0 saturated carbocycles. The Balaban J connectivity index is 2.21. The minimum Gasteiger partial charge on any atom is -0.0985 e. The zero-order chi connectivity index (χ0) is 14.3. The van der Waals surface area contributed by atoms with Gasteiger partial charge in [-0.25, -0.2) is 0 Å². The van der Waals surface area contributed by atoms with Crippen LogP contribution in [0, 0.1) is 5.92 Å². The first-order valence-electron chi connectivity index (χ1n) is 7.48. The van der Waals surface area contributed by atoms with Crippen LogP contribution in [0.5, 0.6) is 0 Å². The van der Waals surface area contributed by atoms with Crippen molar-refractivity contribution in [1.29, 1.82) is 0 Å². The zero-order valence-electron chi connectivity index (χ0n) is 12.5. The fourth-order valence-corrected chi connectivity index (χ4v) is 3.83. The minimum absolute atomic E-state index is 0.551. The summed E-state index contributed by atoms with van der Waals surface area (Å²) in [4.78, 5) is 0. The van der Waals surface area contributed by atoms with E-state index < -0.39 is 0 Å². The molecule has 0 radical (unpaired) electrons. The molecule has 0 spiro atoms. The third-order valence-electron chi connectivity index (χ3n) is 4.83. The van der Waals surface area contributed by atoms with Crippen molar-refractivity contribution in [3.05, 3.63) is 82.5 Å². The van der Waals surface area contributed by atoms with Gasteiger partial charge >= 0.3 is 0 Å². The van der Waals surface area contributed by atoms with Crippen molar-refractivity contribution in [3.8, 4) is 0 Å². The fraction of sp³-hybridized carbons (Fsp3) is 0.300. The summed E-state index contributed by atoms with van der Waals surface area (Å²) in [6, 6.07) is 0. The maximum absolute atomic E-state index is 4.38. The van der Waals surface area contributed by atoms with E-state index >= 15 is 0 Å². The predicted octanol–water partition coefficient (Wildman–Crippen LogP) is 5.60. The number of rotatable bonds is 1. The summed E-state index contributed by atoms with van der Waals surface area (Å²) < 4.78 is 0. The van der Waals surface area contributed by atoms with Gasteiger partial charge in [-0.15, -0.1) is 0 Å². The number of hydrogen-bond donors (Lipinski definition) is 0. The molecule has 0 saturated heterocycles. The first kappa shape index (κ1) is 13.2. The van der Waals surface area contributed by atoms with Gasteiger partial charge in [-0.1, -0.05) is 49.1 Å². The topological polar surface area (TPSA) is 0 Å². The van der Waals surface area contributed by atoms with E-state index in [1.165, 1.54) is 33.4 Å². The molecular weight excluding hydrogens is 240 g/mol. The van der Waals surface area contributed by atoms with Crippen molar-refractivity contribution in [1.82, 2.24) is 0 Å². The quantitative estimate of drug-likeness (QED) is 0.577. The molecule has 0 N–H and O–H groups in total. The standard InChI is InChI=1S/C20H22/c1-5-15-9-7-11-17-18-12-8-10-16(6-2)20(18)14(4)13(3)19(15)17/h5-6,8-10,18H,1,3,7,11-12H2,2,4H3/b16-6-/t18-/m0/s1. The molecule has 3 rings (SSSR count). The van der Waals surface area contributed by atoms with Gasteiger partial charge < -0.3 is 0 Å². The highest BCUT2D eigenvalue weighted by Crippen LogP contribution is 2.49. The second-order valence-corrected chi connectivity index (χ2v) is 5.75. The Morgan fingerprint density at radius 3 is 2.85 bits per heavy atom. The Labute approximate surface area is 122 Å². The molecule has 102 valence electrons. The van der Waals surface area contributed by atoms with Gasteiger partial charge in [0.05, 0.1) is 0 Å². The lowest BCUT2D eigenvalue weighted by Crippen LogP contribution is -2.22. The van der Waals surface area contributed by atoms with Crippen molar-refractivity contribution in [2.75, 3.05) is 0 Å². The number of allylic oxidation sites excluding steroid dienone is 12. The molecule has 0 nitrogen and oxygen atoms in total. The average molecular weight is 262 g/mol. The van der Waals surface area contributed by atoms with E-state index in [4.69, 9.17) is 0 Å². The predicted molar refractivity (Wildman–Crippen MR) is 87.4 cm³/mol. The fourth-order valence-electron chi connectivity index (χ4n) is 3.83. The van der Waals surface area contributed by atoms with Gasteiger partial charge in [-0.05, 0) is 66.5 Å². The molecule has 0 unspecified atom stereocenters. The van der Waals surface area contributed by atoms with Crippen molar-refractivity contribution >= 4 is 0 Å². The molecule has 0 aromatic rings. The summed E-state index contributed by atoms with van der Waals surface area (Å²) in [5.74, 6) is 0.551. The largest absolute Gasteiger partial charge is 0.0985 e. The van der Waals surface area contributed by atoms with Gasteiger partial charge in [-0.2, -0.15) is 0 Å². The molecule has 0 heterocycles. The van der Waals surface area contributed by atoms with Crippen LogP contribution in [-0.2, 0) is 0 Å². The summed E-state index contributed by atoms with van der Waals surface area (Å²) >= 11 is 0. The van der Waals surface area contributed by atoms with Crippen LogP contribution in [-0.4, -0.2) is 0 Å². The van der Waals surface area contributed by atoms with Crippen LogP contribution in [0.1, 0.15) is 33.1 Å². The van der Waals surface area contributed by atoms with Crippen molar-refractivity contribution in [2.45, 2.75) is 33.1 Å². The van der Waals surface area contributed by atoms with Crippen molar-refractivity contribution in [3.63, 3.8) is 0 Å². The van der Waals surface area contributed by atoms with Gasteiger partial charge in [0.1, 0.15) is 0 Å².